The zero-order chi connectivity index (χ0) is 18.6. The predicted octanol–water partition coefficient (Wildman–Crippen LogP) is 3.65. The molecule has 7 heteroatoms. The molecule has 0 heterocycles. The topological polar surface area (TPSA) is 66.5 Å². The van der Waals surface area contributed by atoms with Crippen LogP contribution in [0.3, 0.4) is 0 Å². The first-order valence-corrected chi connectivity index (χ1v) is 10.0. The quantitative estimate of drug-likeness (QED) is 0.860. The standard InChI is InChI=1S/C18H21ClN2O3S/c1-13(14-8-10-16(11-9-14)25(3,23)24)20-18(22)21(2)12-15-6-4-5-7-17(15)19/h4-11,13H,12H2,1-3H3,(H,20,22). The molecule has 25 heavy (non-hydrogen) atoms. The second-order valence-corrected chi connectivity index (χ2v) is 8.38. The van der Waals surface area contributed by atoms with E-state index < -0.39 is 9.84 Å². The van der Waals surface area contributed by atoms with Crippen LogP contribution >= 0.6 is 11.6 Å². The molecule has 0 spiro atoms. The van der Waals surface area contributed by atoms with Gasteiger partial charge in [0.2, 0.25) is 0 Å². The molecule has 134 valence electrons. The molecular formula is C18H21ClN2O3S. The molecule has 0 aliphatic carbocycles. The van der Waals surface area contributed by atoms with Crippen LogP contribution in [-0.4, -0.2) is 32.7 Å². The van der Waals surface area contributed by atoms with Gasteiger partial charge in [0, 0.05) is 24.9 Å². The molecular weight excluding hydrogens is 360 g/mol. The molecule has 0 saturated carbocycles. The van der Waals surface area contributed by atoms with Gasteiger partial charge in [0.1, 0.15) is 0 Å². The molecule has 2 amide bonds. The Morgan fingerprint density at radius 1 is 1.16 bits per heavy atom. The zero-order valence-electron chi connectivity index (χ0n) is 14.4. The average Bonchev–Trinajstić information content (AvgIpc) is 2.56. The van der Waals surface area contributed by atoms with Gasteiger partial charge in [0.25, 0.3) is 0 Å². The fourth-order valence-electron chi connectivity index (χ4n) is 2.34. The van der Waals surface area contributed by atoms with E-state index in [-0.39, 0.29) is 17.0 Å². The molecule has 0 bridgehead atoms. The molecule has 0 fully saturated rings. The average molecular weight is 381 g/mol. The van der Waals surface area contributed by atoms with E-state index in [0.717, 1.165) is 17.4 Å². The van der Waals surface area contributed by atoms with Gasteiger partial charge in [-0.1, -0.05) is 41.9 Å². The summed E-state index contributed by atoms with van der Waals surface area (Å²) in [4.78, 5) is 14.1. The number of carbonyl (C=O) groups is 1. The smallest absolute Gasteiger partial charge is 0.317 e. The fraction of sp³-hybridized carbons (Fsp3) is 0.278. The number of urea groups is 1. The van der Waals surface area contributed by atoms with E-state index in [4.69, 9.17) is 11.6 Å². The van der Waals surface area contributed by atoms with Crippen LogP contribution in [0.1, 0.15) is 24.1 Å². The number of carbonyl (C=O) groups excluding carboxylic acids is 1. The number of sulfone groups is 1. The van der Waals surface area contributed by atoms with Crippen molar-refractivity contribution in [1.29, 1.82) is 0 Å². The van der Waals surface area contributed by atoms with Crippen molar-refractivity contribution < 1.29 is 13.2 Å². The van der Waals surface area contributed by atoms with Crippen molar-refractivity contribution in [3.8, 4) is 0 Å². The fourth-order valence-corrected chi connectivity index (χ4v) is 3.16. The lowest BCUT2D eigenvalue weighted by molar-refractivity contribution is 0.203. The van der Waals surface area contributed by atoms with E-state index in [1.165, 1.54) is 0 Å². The molecule has 0 aromatic heterocycles. The number of hydrogen-bond donors (Lipinski definition) is 1. The highest BCUT2D eigenvalue weighted by molar-refractivity contribution is 7.90. The second kappa shape index (κ2) is 7.89. The minimum Gasteiger partial charge on any atom is -0.331 e. The third-order valence-corrected chi connectivity index (χ3v) is 5.36. The minimum atomic E-state index is -3.23. The Labute approximate surface area is 153 Å². The van der Waals surface area contributed by atoms with Crippen molar-refractivity contribution >= 4 is 27.5 Å². The summed E-state index contributed by atoms with van der Waals surface area (Å²) in [6, 6.07) is 13.4. The van der Waals surface area contributed by atoms with Crippen molar-refractivity contribution in [1.82, 2.24) is 10.2 Å². The number of nitrogens with one attached hydrogen (secondary N) is 1. The molecule has 0 saturated heterocycles. The minimum absolute atomic E-state index is 0.236. The van der Waals surface area contributed by atoms with E-state index in [0.29, 0.717) is 11.6 Å². The lowest BCUT2D eigenvalue weighted by Crippen LogP contribution is -2.38. The number of amides is 2. The van der Waals surface area contributed by atoms with Crippen LogP contribution in [0.5, 0.6) is 0 Å². The van der Waals surface area contributed by atoms with Gasteiger partial charge >= 0.3 is 6.03 Å². The Balaban J connectivity index is 2.00. The van der Waals surface area contributed by atoms with Gasteiger partial charge in [0.05, 0.1) is 10.9 Å². The van der Waals surface area contributed by atoms with Crippen molar-refractivity contribution in [3.05, 3.63) is 64.7 Å². The Hall–Kier alpha value is -2.05. The summed E-state index contributed by atoms with van der Waals surface area (Å²) in [5, 5.41) is 3.51. The Bertz CT molecular complexity index is 851. The van der Waals surface area contributed by atoms with Gasteiger partial charge in [-0.15, -0.1) is 0 Å². The number of benzene rings is 2. The summed E-state index contributed by atoms with van der Waals surface area (Å²) in [5.41, 5.74) is 1.69. The largest absolute Gasteiger partial charge is 0.331 e. The van der Waals surface area contributed by atoms with E-state index in [1.807, 2.05) is 25.1 Å². The Morgan fingerprint density at radius 3 is 2.32 bits per heavy atom. The molecule has 1 unspecified atom stereocenters. The first-order valence-electron chi connectivity index (χ1n) is 7.73. The van der Waals surface area contributed by atoms with Crippen LogP contribution in [0.15, 0.2) is 53.4 Å². The highest BCUT2D eigenvalue weighted by atomic mass is 35.5. The van der Waals surface area contributed by atoms with Crippen molar-refractivity contribution in [2.24, 2.45) is 0 Å². The van der Waals surface area contributed by atoms with Crippen LogP contribution in [0, 0.1) is 0 Å². The van der Waals surface area contributed by atoms with Crippen LogP contribution < -0.4 is 5.32 Å². The SMILES string of the molecule is CC(NC(=O)N(C)Cc1ccccc1Cl)c1ccc(S(C)(=O)=O)cc1. The molecule has 0 aliphatic heterocycles. The van der Waals surface area contributed by atoms with Gasteiger partial charge in [0.15, 0.2) is 9.84 Å². The summed E-state index contributed by atoms with van der Waals surface area (Å²) in [7, 11) is -1.54. The first-order chi connectivity index (χ1) is 11.7. The predicted molar refractivity (Wildman–Crippen MR) is 99.4 cm³/mol. The van der Waals surface area contributed by atoms with Crippen LogP contribution in [-0.2, 0) is 16.4 Å². The third kappa shape index (κ3) is 5.21. The van der Waals surface area contributed by atoms with Crippen LogP contribution in [0.2, 0.25) is 5.02 Å². The highest BCUT2D eigenvalue weighted by Crippen LogP contribution is 2.18. The normalized spacial score (nSPS) is 12.5. The van der Waals surface area contributed by atoms with Gasteiger partial charge in [-0.05, 0) is 36.2 Å². The molecule has 2 rings (SSSR count). The number of rotatable bonds is 5. The van der Waals surface area contributed by atoms with E-state index in [1.54, 1.807) is 42.3 Å². The number of halogens is 1. The Morgan fingerprint density at radius 2 is 1.76 bits per heavy atom. The molecule has 5 nitrogen and oxygen atoms in total. The zero-order valence-corrected chi connectivity index (χ0v) is 15.9. The summed E-state index contributed by atoms with van der Waals surface area (Å²) in [5.74, 6) is 0. The van der Waals surface area contributed by atoms with Gasteiger partial charge in [-0.2, -0.15) is 0 Å². The molecule has 0 aliphatic rings. The summed E-state index contributed by atoms with van der Waals surface area (Å²) in [6.07, 6.45) is 1.16. The first kappa shape index (κ1) is 19.3. The van der Waals surface area contributed by atoms with Gasteiger partial charge < -0.3 is 10.2 Å². The second-order valence-electron chi connectivity index (χ2n) is 5.96. The van der Waals surface area contributed by atoms with Crippen molar-refractivity contribution in [2.75, 3.05) is 13.3 Å². The van der Waals surface area contributed by atoms with E-state index >= 15 is 0 Å². The van der Waals surface area contributed by atoms with E-state index in [2.05, 4.69) is 5.32 Å². The summed E-state index contributed by atoms with van der Waals surface area (Å²) >= 11 is 6.12. The van der Waals surface area contributed by atoms with Crippen LogP contribution in [0.4, 0.5) is 4.79 Å². The van der Waals surface area contributed by atoms with Crippen LogP contribution in [0.25, 0.3) is 0 Å². The molecule has 1 atom stereocenters. The maximum absolute atomic E-state index is 12.3. The van der Waals surface area contributed by atoms with Crippen molar-refractivity contribution in [3.63, 3.8) is 0 Å². The monoisotopic (exact) mass is 380 g/mol. The molecule has 2 aromatic carbocycles. The lowest BCUT2D eigenvalue weighted by Gasteiger charge is -2.22. The van der Waals surface area contributed by atoms with Crippen molar-refractivity contribution in [2.45, 2.75) is 24.4 Å². The highest BCUT2D eigenvalue weighted by Gasteiger charge is 2.15. The lowest BCUT2D eigenvalue weighted by atomic mass is 10.1. The molecule has 1 N–H and O–H groups in total. The maximum atomic E-state index is 12.3. The number of hydrogen-bond acceptors (Lipinski definition) is 3. The van der Waals surface area contributed by atoms with Gasteiger partial charge in [-0.25, -0.2) is 13.2 Å². The third-order valence-electron chi connectivity index (χ3n) is 3.86. The number of nitrogens with zero attached hydrogens (tertiary/aromatic N) is 1. The molecule has 0 radical (unpaired) electrons. The maximum Gasteiger partial charge on any atom is 0.317 e. The Kier molecular flexibility index (Phi) is 6.08. The summed E-state index contributed by atoms with van der Waals surface area (Å²) in [6.45, 7) is 2.24. The summed E-state index contributed by atoms with van der Waals surface area (Å²) < 4.78 is 23.0. The van der Waals surface area contributed by atoms with Gasteiger partial charge in [-0.3, -0.25) is 0 Å². The van der Waals surface area contributed by atoms with E-state index in [9.17, 15) is 13.2 Å². The molecule has 2 aromatic rings.